The number of rotatable bonds is 4. The average molecular weight is 288 g/mol. The highest BCUT2D eigenvalue weighted by molar-refractivity contribution is 7.91. The molecule has 0 aromatic heterocycles. The summed E-state index contributed by atoms with van der Waals surface area (Å²) >= 11 is 5.85. The molecule has 0 saturated carbocycles. The van der Waals surface area contributed by atoms with Crippen LogP contribution in [0.15, 0.2) is 24.3 Å². The van der Waals surface area contributed by atoms with Crippen molar-refractivity contribution in [3.8, 4) is 0 Å². The molecule has 1 aromatic rings. The summed E-state index contributed by atoms with van der Waals surface area (Å²) in [5.41, 5.74) is 1.17. The van der Waals surface area contributed by atoms with Crippen LogP contribution >= 0.6 is 11.6 Å². The molecular weight excluding hydrogens is 270 g/mol. The summed E-state index contributed by atoms with van der Waals surface area (Å²) in [6, 6.07) is 7.89. The van der Waals surface area contributed by atoms with E-state index in [0.29, 0.717) is 11.5 Å². The van der Waals surface area contributed by atoms with E-state index < -0.39 is 9.84 Å². The van der Waals surface area contributed by atoms with Gasteiger partial charge in [0.15, 0.2) is 9.84 Å². The highest BCUT2D eigenvalue weighted by Crippen LogP contribution is 2.20. The van der Waals surface area contributed by atoms with Crippen LogP contribution in [0.1, 0.15) is 18.9 Å². The van der Waals surface area contributed by atoms with E-state index in [-0.39, 0.29) is 6.04 Å². The van der Waals surface area contributed by atoms with Crippen LogP contribution < -0.4 is 0 Å². The fourth-order valence-electron chi connectivity index (χ4n) is 2.39. The molecule has 0 aliphatic carbocycles. The summed E-state index contributed by atoms with van der Waals surface area (Å²) in [5, 5.41) is 0.727. The lowest BCUT2D eigenvalue weighted by Crippen LogP contribution is -2.35. The van der Waals surface area contributed by atoms with Crippen LogP contribution in [0, 0.1) is 0 Å². The molecule has 5 heteroatoms. The summed E-state index contributed by atoms with van der Waals surface area (Å²) in [6.45, 7) is 3.72. The van der Waals surface area contributed by atoms with Crippen molar-refractivity contribution >= 4 is 21.4 Å². The molecular formula is C13H18ClNO2S. The first-order chi connectivity index (χ1) is 8.50. The Bertz CT molecular complexity index is 498. The van der Waals surface area contributed by atoms with E-state index in [4.69, 9.17) is 11.6 Å². The standard InChI is InChI=1S/C13H18ClNO2S/c1-2-15(13-7-8-18(16,17)10-13)9-11-3-5-12(14)6-4-11/h3-6,13H,2,7-10H2,1H3. The Labute approximate surface area is 114 Å². The minimum absolute atomic E-state index is 0.163. The maximum Gasteiger partial charge on any atom is 0.151 e. The van der Waals surface area contributed by atoms with Crippen molar-refractivity contribution in [2.75, 3.05) is 18.1 Å². The van der Waals surface area contributed by atoms with Crippen LogP contribution in [0.2, 0.25) is 5.02 Å². The Morgan fingerprint density at radius 1 is 1.33 bits per heavy atom. The Balaban J connectivity index is 2.04. The van der Waals surface area contributed by atoms with Crippen molar-refractivity contribution in [2.24, 2.45) is 0 Å². The van der Waals surface area contributed by atoms with Gasteiger partial charge in [0.05, 0.1) is 11.5 Å². The third kappa shape index (κ3) is 3.46. The van der Waals surface area contributed by atoms with Gasteiger partial charge in [-0.15, -0.1) is 0 Å². The van der Waals surface area contributed by atoms with Gasteiger partial charge in [-0.25, -0.2) is 8.42 Å². The van der Waals surface area contributed by atoms with Crippen LogP contribution in [-0.2, 0) is 16.4 Å². The van der Waals surface area contributed by atoms with Gasteiger partial charge in [0.25, 0.3) is 0 Å². The lowest BCUT2D eigenvalue weighted by atomic mass is 10.1. The molecule has 1 aromatic carbocycles. The second-order valence-corrected chi connectivity index (χ2v) is 7.41. The van der Waals surface area contributed by atoms with Gasteiger partial charge in [-0.1, -0.05) is 30.7 Å². The lowest BCUT2D eigenvalue weighted by Gasteiger charge is -2.26. The van der Waals surface area contributed by atoms with Gasteiger partial charge in [-0.3, -0.25) is 4.90 Å². The van der Waals surface area contributed by atoms with Crippen LogP contribution in [0.5, 0.6) is 0 Å². The van der Waals surface area contributed by atoms with Crippen molar-refractivity contribution in [1.29, 1.82) is 0 Å². The molecule has 0 N–H and O–H groups in total. The van der Waals surface area contributed by atoms with E-state index >= 15 is 0 Å². The minimum atomic E-state index is -2.81. The molecule has 100 valence electrons. The number of benzene rings is 1. The van der Waals surface area contributed by atoms with E-state index in [0.717, 1.165) is 24.5 Å². The minimum Gasteiger partial charge on any atom is -0.295 e. The summed E-state index contributed by atoms with van der Waals surface area (Å²) in [7, 11) is -2.81. The van der Waals surface area contributed by atoms with Crippen LogP contribution in [-0.4, -0.2) is 37.4 Å². The van der Waals surface area contributed by atoms with Gasteiger partial charge >= 0.3 is 0 Å². The maximum absolute atomic E-state index is 11.5. The number of sulfone groups is 1. The molecule has 1 saturated heterocycles. The predicted octanol–water partition coefficient (Wildman–Crippen LogP) is 2.35. The maximum atomic E-state index is 11.5. The smallest absolute Gasteiger partial charge is 0.151 e. The normalized spacial score (nSPS) is 22.5. The van der Waals surface area contributed by atoms with E-state index in [1.54, 1.807) is 0 Å². The van der Waals surface area contributed by atoms with Gasteiger partial charge in [-0.2, -0.15) is 0 Å². The van der Waals surface area contributed by atoms with E-state index in [9.17, 15) is 8.42 Å². The summed E-state index contributed by atoms with van der Waals surface area (Å²) in [4.78, 5) is 2.23. The monoisotopic (exact) mass is 287 g/mol. The van der Waals surface area contributed by atoms with Crippen LogP contribution in [0.3, 0.4) is 0 Å². The highest BCUT2D eigenvalue weighted by atomic mass is 35.5. The van der Waals surface area contributed by atoms with E-state index in [1.807, 2.05) is 24.3 Å². The van der Waals surface area contributed by atoms with Gasteiger partial charge in [0.2, 0.25) is 0 Å². The molecule has 1 fully saturated rings. The molecule has 0 spiro atoms. The van der Waals surface area contributed by atoms with E-state index in [2.05, 4.69) is 11.8 Å². The second-order valence-electron chi connectivity index (χ2n) is 4.75. The first-order valence-electron chi connectivity index (χ1n) is 6.19. The van der Waals surface area contributed by atoms with Crippen LogP contribution in [0.25, 0.3) is 0 Å². The Morgan fingerprint density at radius 3 is 2.50 bits per heavy atom. The molecule has 3 nitrogen and oxygen atoms in total. The molecule has 1 aliphatic heterocycles. The molecule has 0 amide bonds. The Kier molecular flexibility index (Phi) is 4.30. The zero-order valence-corrected chi connectivity index (χ0v) is 12.0. The molecule has 1 aliphatic rings. The largest absolute Gasteiger partial charge is 0.295 e. The molecule has 1 unspecified atom stereocenters. The zero-order valence-electron chi connectivity index (χ0n) is 10.5. The summed E-state index contributed by atoms with van der Waals surface area (Å²) in [5.74, 6) is 0.628. The number of halogens is 1. The van der Waals surface area contributed by atoms with Crippen molar-refractivity contribution in [1.82, 2.24) is 4.90 Å². The van der Waals surface area contributed by atoms with Crippen LogP contribution in [0.4, 0.5) is 0 Å². The summed E-state index contributed by atoms with van der Waals surface area (Å²) < 4.78 is 23.0. The quantitative estimate of drug-likeness (QED) is 0.853. The molecule has 2 rings (SSSR count). The zero-order chi connectivity index (χ0) is 13.2. The predicted molar refractivity (Wildman–Crippen MR) is 74.6 cm³/mol. The van der Waals surface area contributed by atoms with Crippen molar-refractivity contribution in [3.05, 3.63) is 34.9 Å². The van der Waals surface area contributed by atoms with Gasteiger partial charge in [0.1, 0.15) is 0 Å². The topological polar surface area (TPSA) is 37.4 Å². The SMILES string of the molecule is CCN(Cc1ccc(Cl)cc1)C1CCS(=O)(=O)C1. The third-order valence-corrected chi connectivity index (χ3v) is 5.43. The first-order valence-corrected chi connectivity index (χ1v) is 8.39. The molecule has 1 atom stereocenters. The second kappa shape index (κ2) is 5.59. The third-order valence-electron chi connectivity index (χ3n) is 3.43. The van der Waals surface area contributed by atoms with Gasteiger partial charge in [-0.05, 0) is 30.7 Å². The Morgan fingerprint density at radius 2 is 2.00 bits per heavy atom. The van der Waals surface area contributed by atoms with Crippen molar-refractivity contribution < 1.29 is 8.42 Å². The molecule has 0 bridgehead atoms. The van der Waals surface area contributed by atoms with Gasteiger partial charge < -0.3 is 0 Å². The number of nitrogens with zero attached hydrogens (tertiary/aromatic N) is 1. The fraction of sp³-hybridized carbons (Fsp3) is 0.538. The lowest BCUT2D eigenvalue weighted by molar-refractivity contribution is 0.215. The Hall–Kier alpha value is -0.580. The average Bonchev–Trinajstić information content (AvgIpc) is 2.69. The summed E-state index contributed by atoms with van der Waals surface area (Å²) in [6.07, 6.45) is 0.754. The number of hydrogen-bond acceptors (Lipinski definition) is 3. The van der Waals surface area contributed by atoms with Gasteiger partial charge in [0, 0.05) is 17.6 Å². The van der Waals surface area contributed by atoms with Crippen molar-refractivity contribution in [3.63, 3.8) is 0 Å². The molecule has 18 heavy (non-hydrogen) atoms. The number of hydrogen-bond donors (Lipinski definition) is 0. The first kappa shape index (κ1) is 13.8. The molecule has 1 heterocycles. The van der Waals surface area contributed by atoms with Crippen molar-refractivity contribution in [2.45, 2.75) is 25.9 Å². The van der Waals surface area contributed by atoms with E-state index in [1.165, 1.54) is 5.56 Å². The highest BCUT2D eigenvalue weighted by Gasteiger charge is 2.31. The molecule has 0 radical (unpaired) electrons. The fourth-order valence-corrected chi connectivity index (χ4v) is 4.27.